The van der Waals surface area contributed by atoms with Crippen molar-refractivity contribution in [2.45, 2.75) is 12.5 Å². The minimum Gasteiger partial charge on any atom is -0.326 e. The third-order valence-electron chi connectivity index (χ3n) is 2.25. The minimum atomic E-state index is -0.0908. The SMILES string of the molecule is NC1CC(=O)N(c2cnc(Cl)c(Br)c2)C1. The molecule has 15 heavy (non-hydrogen) atoms. The van der Waals surface area contributed by atoms with Crippen LogP contribution in [0.1, 0.15) is 6.42 Å². The number of pyridine rings is 1. The van der Waals surface area contributed by atoms with E-state index >= 15 is 0 Å². The summed E-state index contributed by atoms with van der Waals surface area (Å²) in [7, 11) is 0. The molecule has 4 nitrogen and oxygen atoms in total. The zero-order chi connectivity index (χ0) is 11.0. The first-order chi connectivity index (χ1) is 7.08. The van der Waals surface area contributed by atoms with Crippen LogP contribution in [0.2, 0.25) is 5.15 Å². The van der Waals surface area contributed by atoms with E-state index in [1.54, 1.807) is 17.2 Å². The fraction of sp³-hybridized carbons (Fsp3) is 0.333. The lowest BCUT2D eigenvalue weighted by Crippen LogP contribution is -2.28. The van der Waals surface area contributed by atoms with E-state index in [0.717, 1.165) is 5.69 Å². The summed E-state index contributed by atoms with van der Waals surface area (Å²) in [6.07, 6.45) is 1.96. The molecule has 0 bridgehead atoms. The number of hydrogen-bond donors (Lipinski definition) is 1. The number of hydrogen-bond acceptors (Lipinski definition) is 3. The first kappa shape index (κ1) is 10.9. The van der Waals surface area contributed by atoms with E-state index in [0.29, 0.717) is 22.6 Å². The summed E-state index contributed by atoms with van der Waals surface area (Å²) in [5, 5.41) is 0.384. The lowest BCUT2D eigenvalue weighted by Gasteiger charge is -2.15. The molecule has 2 N–H and O–H groups in total. The van der Waals surface area contributed by atoms with Crippen molar-refractivity contribution in [3.63, 3.8) is 0 Å². The van der Waals surface area contributed by atoms with Crippen LogP contribution >= 0.6 is 27.5 Å². The standard InChI is InChI=1S/C9H9BrClN3O/c10-7-2-6(3-13-9(7)11)14-4-5(12)1-8(14)15/h2-3,5H,1,4,12H2. The van der Waals surface area contributed by atoms with Gasteiger partial charge in [0.25, 0.3) is 0 Å². The Morgan fingerprint density at radius 3 is 2.93 bits per heavy atom. The Labute approximate surface area is 101 Å². The largest absolute Gasteiger partial charge is 0.326 e. The molecular weight excluding hydrogens is 281 g/mol. The minimum absolute atomic E-state index is 0.0264. The maximum absolute atomic E-state index is 11.6. The average molecular weight is 291 g/mol. The van der Waals surface area contributed by atoms with Crippen LogP contribution in [-0.2, 0) is 4.79 Å². The summed E-state index contributed by atoms with van der Waals surface area (Å²) in [5.74, 6) is 0.0264. The van der Waals surface area contributed by atoms with Crippen LogP contribution in [-0.4, -0.2) is 23.5 Å². The Hall–Kier alpha value is -0.650. The molecule has 80 valence electrons. The molecule has 1 aliphatic rings. The summed E-state index contributed by atoms with van der Waals surface area (Å²) in [5.41, 5.74) is 6.43. The van der Waals surface area contributed by atoms with Crippen LogP contribution in [0.3, 0.4) is 0 Å². The van der Waals surface area contributed by atoms with Crippen molar-refractivity contribution in [2.24, 2.45) is 5.73 Å². The van der Waals surface area contributed by atoms with E-state index in [2.05, 4.69) is 20.9 Å². The third kappa shape index (κ3) is 2.14. The van der Waals surface area contributed by atoms with Crippen LogP contribution in [0.15, 0.2) is 16.7 Å². The number of rotatable bonds is 1. The van der Waals surface area contributed by atoms with Crippen LogP contribution in [0, 0.1) is 0 Å². The monoisotopic (exact) mass is 289 g/mol. The number of amides is 1. The van der Waals surface area contributed by atoms with Gasteiger partial charge in [-0.2, -0.15) is 0 Å². The van der Waals surface area contributed by atoms with Gasteiger partial charge in [-0.3, -0.25) is 4.79 Å². The van der Waals surface area contributed by atoms with E-state index in [1.807, 2.05) is 0 Å². The molecule has 1 fully saturated rings. The summed E-state index contributed by atoms with van der Waals surface area (Å²) in [6, 6.07) is 1.68. The predicted octanol–water partition coefficient (Wildman–Crippen LogP) is 1.56. The Balaban J connectivity index is 2.30. The van der Waals surface area contributed by atoms with Crippen molar-refractivity contribution >= 4 is 39.1 Å². The second-order valence-electron chi connectivity index (χ2n) is 3.43. The van der Waals surface area contributed by atoms with Crippen molar-refractivity contribution in [3.05, 3.63) is 21.9 Å². The van der Waals surface area contributed by atoms with Crippen molar-refractivity contribution in [1.29, 1.82) is 0 Å². The first-order valence-corrected chi connectivity index (χ1v) is 5.62. The van der Waals surface area contributed by atoms with Crippen LogP contribution in [0.25, 0.3) is 0 Å². The number of carbonyl (C=O) groups is 1. The molecule has 1 aliphatic heterocycles. The lowest BCUT2D eigenvalue weighted by atomic mass is 10.3. The molecule has 0 saturated carbocycles. The van der Waals surface area contributed by atoms with Gasteiger partial charge in [0, 0.05) is 19.0 Å². The zero-order valence-electron chi connectivity index (χ0n) is 7.78. The van der Waals surface area contributed by atoms with Crippen molar-refractivity contribution in [1.82, 2.24) is 4.98 Å². The zero-order valence-corrected chi connectivity index (χ0v) is 10.1. The van der Waals surface area contributed by atoms with Gasteiger partial charge in [0.05, 0.1) is 16.4 Å². The summed E-state index contributed by atoms with van der Waals surface area (Å²) >= 11 is 9.03. The van der Waals surface area contributed by atoms with E-state index in [1.165, 1.54) is 0 Å². The predicted molar refractivity (Wildman–Crippen MR) is 61.9 cm³/mol. The van der Waals surface area contributed by atoms with Gasteiger partial charge in [-0.05, 0) is 22.0 Å². The van der Waals surface area contributed by atoms with E-state index in [4.69, 9.17) is 17.3 Å². The van der Waals surface area contributed by atoms with Gasteiger partial charge in [0.1, 0.15) is 5.15 Å². The summed E-state index contributed by atoms with van der Waals surface area (Å²) in [4.78, 5) is 17.1. The molecule has 6 heteroatoms. The van der Waals surface area contributed by atoms with Crippen LogP contribution in [0.5, 0.6) is 0 Å². The second-order valence-corrected chi connectivity index (χ2v) is 4.65. The van der Waals surface area contributed by atoms with Crippen molar-refractivity contribution in [3.8, 4) is 0 Å². The summed E-state index contributed by atoms with van der Waals surface area (Å²) < 4.78 is 0.676. The average Bonchev–Trinajstić information content (AvgIpc) is 2.50. The molecule has 1 amide bonds. The van der Waals surface area contributed by atoms with Crippen molar-refractivity contribution in [2.75, 3.05) is 11.4 Å². The van der Waals surface area contributed by atoms with Crippen LogP contribution in [0.4, 0.5) is 5.69 Å². The van der Waals surface area contributed by atoms with E-state index in [-0.39, 0.29) is 11.9 Å². The molecule has 0 spiro atoms. The molecule has 0 aromatic carbocycles. The highest BCUT2D eigenvalue weighted by atomic mass is 79.9. The van der Waals surface area contributed by atoms with Gasteiger partial charge in [0.15, 0.2) is 0 Å². The number of anilines is 1. The van der Waals surface area contributed by atoms with Crippen LogP contribution < -0.4 is 10.6 Å². The number of carbonyl (C=O) groups excluding carboxylic acids is 1. The number of nitrogens with zero attached hydrogens (tertiary/aromatic N) is 2. The van der Waals surface area contributed by atoms with Gasteiger partial charge < -0.3 is 10.6 Å². The third-order valence-corrected chi connectivity index (χ3v) is 3.38. The molecule has 0 aliphatic carbocycles. The fourth-order valence-corrected chi connectivity index (χ4v) is 1.98. The summed E-state index contributed by atoms with van der Waals surface area (Å²) in [6.45, 7) is 0.536. The molecule has 1 saturated heterocycles. The Kier molecular flexibility index (Phi) is 2.95. The number of nitrogens with two attached hydrogens (primary N) is 1. The maximum Gasteiger partial charge on any atom is 0.228 e. The van der Waals surface area contributed by atoms with Gasteiger partial charge in [0.2, 0.25) is 5.91 Å². The highest BCUT2D eigenvalue weighted by Gasteiger charge is 2.28. The normalized spacial score (nSPS) is 21.1. The molecule has 0 radical (unpaired) electrons. The van der Waals surface area contributed by atoms with Gasteiger partial charge in [-0.25, -0.2) is 4.98 Å². The molecule has 2 heterocycles. The topological polar surface area (TPSA) is 59.2 Å². The molecule has 1 aromatic heterocycles. The Morgan fingerprint density at radius 2 is 2.40 bits per heavy atom. The fourth-order valence-electron chi connectivity index (χ4n) is 1.54. The van der Waals surface area contributed by atoms with Gasteiger partial charge in [-0.1, -0.05) is 11.6 Å². The molecule has 1 aromatic rings. The number of aromatic nitrogens is 1. The quantitative estimate of drug-likeness (QED) is 0.799. The van der Waals surface area contributed by atoms with Gasteiger partial charge >= 0.3 is 0 Å². The number of halogens is 2. The van der Waals surface area contributed by atoms with E-state index in [9.17, 15) is 4.79 Å². The van der Waals surface area contributed by atoms with Gasteiger partial charge in [-0.15, -0.1) is 0 Å². The highest BCUT2D eigenvalue weighted by molar-refractivity contribution is 9.10. The second kappa shape index (κ2) is 4.08. The van der Waals surface area contributed by atoms with E-state index < -0.39 is 0 Å². The van der Waals surface area contributed by atoms with Crippen molar-refractivity contribution < 1.29 is 4.79 Å². The highest BCUT2D eigenvalue weighted by Crippen LogP contribution is 2.27. The lowest BCUT2D eigenvalue weighted by molar-refractivity contribution is -0.117. The Morgan fingerprint density at radius 1 is 1.67 bits per heavy atom. The molecule has 1 atom stereocenters. The molecular formula is C9H9BrClN3O. The molecule has 1 unspecified atom stereocenters. The Bertz CT molecular complexity index is 412. The maximum atomic E-state index is 11.6. The smallest absolute Gasteiger partial charge is 0.228 e. The first-order valence-electron chi connectivity index (χ1n) is 4.45. The molecule has 2 rings (SSSR count).